The van der Waals surface area contributed by atoms with E-state index in [4.69, 9.17) is 9.15 Å². The minimum Gasteiger partial charge on any atom is -0.459 e. The maximum absolute atomic E-state index is 13.1. The standard InChI is InChI=1S/C17H25N3O4/c1-23-13-17(4-6-18-7-5-17)16(22)20-10-8-19(9-11-20)15(21)14-3-2-12-24-14/h2-3,12,18H,4-11,13H2,1H3. The Morgan fingerprint density at radius 3 is 2.46 bits per heavy atom. The van der Waals surface area contributed by atoms with Crippen LogP contribution in [-0.4, -0.2) is 74.6 Å². The third-order valence-electron chi connectivity index (χ3n) is 5.02. The molecule has 132 valence electrons. The van der Waals surface area contributed by atoms with E-state index in [0.29, 0.717) is 38.5 Å². The quantitative estimate of drug-likeness (QED) is 0.871. The molecule has 2 fully saturated rings. The number of hydrogen-bond acceptors (Lipinski definition) is 5. The van der Waals surface area contributed by atoms with E-state index < -0.39 is 5.41 Å². The molecule has 0 bridgehead atoms. The van der Waals surface area contributed by atoms with E-state index >= 15 is 0 Å². The van der Waals surface area contributed by atoms with Crippen LogP contribution in [0.1, 0.15) is 23.4 Å². The SMILES string of the molecule is COCC1(C(=O)N2CCN(C(=O)c3ccco3)CC2)CCNCC1. The Hall–Kier alpha value is -1.86. The second-order valence-electron chi connectivity index (χ2n) is 6.53. The molecule has 0 aliphatic carbocycles. The van der Waals surface area contributed by atoms with Gasteiger partial charge in [-0.1, -0.05) is 0 Å². The molecule has 0 aromatic carbocycles. The van der Waals surface area contributed by atoms with Gasteiger partial charge in [0.2, 0.25) is 5.91 Å². The van der Waals surface area contributed by atoms with Crippen LogP contribution >= 0.6 is 0 Å². The highest BCUT2D eigenvalue weighted by Crippen LogP contribution is 2.32. The number of carbonyl (C=O) groups excluding carboxylic acids is 2. The van der Waals surface area contributed by atoms with Crippen LogP contribution in [0.5, 0.6) is 0 Å². The largest absolute Gasteiger partial charge is 0.459 e. The predicted octanol–water partition coefficient (Wildman–Crippen LogP) is 0.580. The molecule has 3 heterocycles. The molecule has 24 heavy (non-hydrogen) atoms. The normalized spacial score (nSPS) is 20.9. The van der Waals surface area contributed by atoms with Crippen molar-refractivity contribution in [2.24, 2.45) is 5.41 Å². The molecule has 2 amide bonds. The van der Waals surface area contributed by atoms with Crippen LogP contribution in [0, 0.1) is 5.41 Å². The molecule has 0 saturated carbocycles. The molecular formula is C17H25N3O4. The summed E-state index contributed by atoms with van der Waals surface area (Å²) in [6.07, 6.45) is 3.09. The molecule has 7 nitrogen and oxygen atoms in total. The smallest absolute Gasteiger partial charge is 0.289 e. The van der Waals surface area contributed by atoms with Gasteiger partial charge >= 0.3 is 0 Å². The number of hydrogen-bond donors (Lipinski definition) is 1. The summed E-state index contributed by atoms with van der Waals surface area (Å²) in [5.74, 6) is 0.403. The highest BCUT2D eigenvalue weighted by molar-refractivity contribution is 5.91. The van der Waals surface area contributed by atoms with Crippen molar-refractivity contribution >= 4 is 11.8 Å². The molecule has 0 spiro atoms. The monoisotopic (exact) mass is 335 g/mol. The average Bonchev–Trinajstić information content (AvgIpc) is 3.16. The fourth-order valence-electron chi connectivity index (χ4n) is 3.61. The van der Waals surface area contributed by atoms with Gasteiger partial charge in [-0.05, 0) is 38.1 Å². The molecule has 1 N–H and O–H groups in total. The minimum atomic E-state index is -0.423. The van der Waals surface area contributed by atoms with E-state index in [1.807, 2.05) is 4.90 Å². The van der Waals surface area contributed by atoms with Crippen molar-refractivity contribution in [3.05, 3.63) is 24.2 Å². The molecule has 2 aliphatic heterocycles. The molecule has 0 unspecified atom stereocenters. The number of amides is 2. The number of nitrogens with one attached hydrogen (secondary N) is 1. The summed E-state index contributed by atoms with van der Waals surface area (Å²) in [4.78, 5) is 29.0. The third kappa shape index (κ3) is 3.32. The lowest BCUT2D eigenvalue weighted by Gasteiger charge is -2.42. The van der Waals surface area contributed by atoms with Crippen LogP contribution in [-0.2, 0) is 9.53 Å². The van der Waals surface area contributed by atoms with Crippen molar-refractivity contribution < 1.29 is 18.7 Å². The molecule has 0 radical (unpaired) electrons. The van der Waals surface area contributed by atoms with Crippen molar-refractivity contribution in [2.45, 2.75) is 12.8 Å². The van der Waals surface area contributed by atoms with Crippen LogP contribution in [0.3, 0.4) is 0 Å². The van der Waals surface area contributed by atoms with E-state index in [9.17, 15) is 9.59 Å². The fraction of sp³-hybridized carbons (Fsp3) is 0.647. The van der Waals surface area contributed by atoms with Gasteiger partial charge in [0.1, 0.15) is 0 Å². The van der Waals surface area contributed by atoms with Crippen molar-refractivity contribution in [3.63, 3.8) is 0 Å². The number of furan rings is 1. The molecular weight excluding hydrogens is 310 g/mol. The number of carbonyl (C=O) groups is 2. The maximum atomic E-state index is 13.1. The van der Waals surface area contributed by atoms with Gasteiger partial charge < -0.3 is 24.3 Å². The van der Waals surface area contributed by atoms with Gasteiger partial charge in [0.05, 0.1) is 18.3 Å². The molecule has 3 rings (SSSR count). The van der Waals surface area contributed by atoms with Crippen molar-refractivity contribution in [3.8, 4) is 0 Å². The van der Waals surface area contributed by atoms with E-state index in [-0.39, 0.29) is 11.8 Å². The van der Waals surface area contributed by atoms with Crippen molar-refractivity contribution in [1.82, 2.24) is 15.1 Å². The lowest BCUT2D eigenvalue weighted by Crippen LogP contribution is -2.57. The average molecular weight is 335 g/mol. The van der Waals surface area contributed by atoms with Crippen LogP contribution in [0.25, 0.3) is 0 Å². The van der Waals surface area contributed by atoms with Gasteiger partial charge in [0.15, 0.2) is 5.76 Å². The zero-order valence-electron chi connectivity index (χ0n) is 14.1. The number of piperazine rings is 1. The number of ether oxygens (including phenoxy) is 1. The minimum absolute atomic E-state index is 0.111. The predicted molar refractivity (Wildman–Crippen MR) is 87.6 cm³/mol. The fourth-order valence-corrected chi connectivity index (χ4v) is 3.61. The summed E-state index contributed by atoms with van der Waals surface area (Å²) < 4.78 is 10.5. The second kappa shape index (κ2) is 7.36. The van der Waals surface area contributed by atoms with Gasteiger partial charge in [-0.2, -0.15) is 0 Å². The summed E-state index contributed by atoms with van der Waals surface area (Å²) in [7, 11) is 1.65. The van der Waals surface area contributed by atoms with Gasteiger partial charge in [-0.3, -0.25) is 9.59 Å². The number of rotatable bonds is 4. The Balaban J connectivity index is 1.61. The highest BCUT2D eigenvalue weighted by atomic mass is 16.5. The summed E-state index contributed by atoms with van der Waals surface area (Å²) in [6.45, 7) is 4.32. The van der Waals surface area contributed by atoms with Crippen LogP contribution in [0.2, 0.25) is 0 Å². The number of nitrogens with zero attached hydrogens (tertiary/aromatic N) is 2. The molecule has 2 saturated heterocycles. The first kappa shape index (κ1) is 17.0. The Kier molecular flexibility index (Phi) is 5.20. The summed E-state index contributed by atoms with van der Waals surface area (Å²) >= 11 is 0. The molecule has 2 aliphatic rings. The van der Waals surface area contributed by atoms with Crippen molar-refractivity contribution in [2.75, 3.05) is 53.0 Å². The first-order valence-corrected chi connectivity index (χ1v) is 8.48. The van der Waals surface area contributed by atoms with Crippen LogP contribution < -0.4 is 5.32 Å². The van der Waals surface area contributed by atoms with Gasteiger partial charge in [-0.15, -0.1) is 0 Å². The Morgan fingerprint density at radius 1 is 1.21 bits per heavy atom. The third-order valence-corrected chi connectivity index (χ3v) is 5.02. The zero-order chi connectivity index (χ0) is 17.0. The van der Waals surface area contributed by atoms with Crippen molar-refractivity contribution in [1.29, 1.82) is 0 Å². The highest BCUT2D eigenvalue weighted by Gasteiger charge is 2.43. The Morgan fingerprint density at radius 2 is 1.88 bits per heavy atom. The summed E-state index contributed by atoms with van der Waals surface area (Å²) in [6, 6.07) is 3.38. The lowest BCUT2D eigenvalue weighted by molar-refractivity contribution is -0.149. The summed E-state index contributed by atoms with van der Waals surface area (Å²) in [5.41, 5.74) is -0.423. The van der Waals surface area contributed by atoms with Gasteiger partial charge in [-0.25, -0.2) is 0 Å². The molecule has 1 aromatic rings. The van der Waals surface area contributed by atoms with Gasteiger partial charge in [0, 0.05) is 33.3 Å². The maximum Gasteiger partial charge on any atom is 0.289 e. The van der Waals surface area contributed by atoms with E-state index in [1.54, 1.807) is 24.1 Å². The molecule has 7 heteroatoms. The molecule has 0 atom stereocenters. The van der Waals surface area contributed by atoms with Gasteiger partial charge in [0.25, 0.3) is 5.91 Å². The van der Waals surface area contributed by atoms with E-state index in [0.717, 1.165) is 25.9 Å². The Bertz CT molecular complexity index is 553. The number of methoxy groups -OCH3 is 1. The zero-order valence-corrected chi connectivity index (χ0v) is 14.1. The topological polar surface area (TPSA) is 75.0 Å². The lowest BCUT2D eigenvalue weighted by atomic mass is 9.78. The first-order chi connectivity index (χ1) is 11.7. The summed E-state index contributed by atoms with van der Waals surface area (Å²) in [5, 5.41) is 3.30. The van der Waals surface area contributed by atoms with Crippen LogP contribution in [0.15, 0.2) is 22.8 Å². The van der Waals surface area contributed by atoms with E-state index in [1.165, 1.54) is 6.26 Å². The van der Waals surface area contributed by atoms with Crippen LogP contribution in [0.4, 0.5) is 0 Å². The first-order valence-electron chi connectivity index (χ1n) is 8.48. The molecule has 1 aromatic heterocycles. The second-order valence-corrected chi connectivity index (χ2v) is 6.53. The Labute approximate surface area is 141 Å². The van der Waals surface area contributed by atoms with E-state index in [2.05, 4.69) is 5.32 Å². The number of piperidine rings is 1.